The summed E-state index contributed by atoms with van der Waals surface area (Å²) >= 11 is -5.93. The maximum atomic E-state index is 9.83. The van der Waals surface area contributed by atoms with Crippen molar-refractivity contribution in [2.75, 3.05) is 0 Å². The summed E-state index contributed by atoms with van der Waals surface area (Å²) in [7, 11) is 11.8. The van der Waals surface area contributed by atoms with Crippen molar-refractivity contribution in [2.45, 2.75) is 166 Å². The van der Waals surface area contributed by atoms with Gasteiger partial charge in [-0.05, 0) is 0 Å². The van der Waals surface area contributed by atoms with Crippen molar-refractivity contribution in [1.29, 1.82) is 0 Å². The molecule has 0 radical (unpaired) electrons. The Morgan fingerprint density at radius 2 is 0.829 bits per heavy atom. The number of fused-ring (bicyclic) bond motifs is 5. The molecule has 0 N–H and O–H groups in total. The molecule has 0 amide bonds. The van der Waals surface area contributed by atoms with Crippen molar-refractivity contribution >= 4 is 105 Å². The van der Waals surface area contributed by atoms with Crippen LogP contribution in [0.25, 0.3) is 45.5 Å². The third kappa shape index (κ3) is 9.95. The quantitative estimate of drug-likeness (QED) is 0.113. The van der Waals surface area contributed by atoms with E-state index in [1.807, 2.05) is 0 Å². The fraction of sp³-hybridized carbons (Fsp3) is 0.412. The van der Waals surface area contributed by atoms with Gasteiger partial charge in [0.2, 0.25) is 0 Å². The molecule has 8 heteroatoms. The van der Waals surface area contributed by atoms with Crippen molar-refractivity contribution in [2.24, 2.45) is 11.8 Å². The molecule has 0 spiro atoms. The predicted octanol–water partition coefficient (Wildman–Crippen LogP) is 16.1. The molecule has 0 nitrogen and oxygen atoms in total. The molecule has 0 fully saturated rings. The Labute approximate surface area is 476 Å². The number of benzene rings is 6. The van der Waals surface area contributed by atoms with Gasteiger partial charge in [-0.1, -0.05) is 0 Å². The van der Waals surface area contributed by atoms with E-state index in [9.17, 15) is 17.0 Å². The second-order valence-corrected chi connectivity index (χ2v) is 73.1. The van der Waals surface area contributed by atoms with Gasteiger partial charge in [0.05, 0.1) is 0 Å². The van der Waals surface area contributed by atoms with Crippen LogP contribution in [0.5, 0.6) is 0 Å². The van der Waals surface area contributed by atoms with Crippen molar-refractivity contribution in [3.63, 3.8) is 0 Å². The van der Waals surface area contributed by atoms with Crippen LogP contribution in [-0.4, -0.2) is 41.8 Å². The molecule has 2 atom stereocenters. The Kier molecular flexibility index (Phi) is 14.7. The van der Waals surface area contributed by atoms with Gasteiger partial charge >= 0.3 is 481 Å². The third-order valence-electron chi connectivity index (χ3n) is 17.7. The van der Waals surface area contributed by atoms with Crippen LogP contribution >= 0.6 is 17.0 Å². The van der Waals surface area contributed by atoms with Gasteiger partial charge in [0.25, 0.3) is 0 Å². The van der Waals surface area contributed by atoms with E-state index in [0.29, 0.717) is 0 Å². The molecule has 0 saturated carbocycles. The van der Waals surface area contributed by atoms with Crippen molar-refractivity contribution in [1.82, 2.24) is 0 Å². The Hall–Kier alpha value is -2.65. The molecule has 1 heterocycles. The van der Waals surface area contributed by atoms with Gasteiger partial charge in [-0.3, -0.25) is 0 Å². The van der Waals surface area contributed by atoms with E-state index in [4.69, 9.17) is 0 Å². The first-order chi connectivity index (χ1) is 34.8. The van der Waals surface area contributed by atoms with Gasteiger partial charge in [0.15, 0.2) is 0 Å². The summed E-state index contributed by atoms with van der Waals surface area (Å²) in [5.74, 6) is 0.419. The summed E-state index contributed by atoms with van der Waals surface area (Å²) in [6.07, 6.45) is 5.28. The van der Waals surface area contributed by atoms with Gasteiger partial charge in [-0.15, -0.1) is 0 Å². The first-order valence-electron chi connectivity index (χ1n) is 28.7. The van der Waals surface area contributed by atoms with E-state index in [-0.39, 0.29) is 29.9 Å². The molecule has 0 bridgehead atoms. The van der Waals surface area contributed by atoms with Crippen LogP contribution < -0.4 is 34.4 Å². The number of halogens is 2. The zero-order chi connectivity index (χ0) is 56.0. The van der Waals surface area contributed by atoms with Crippen LogP contribution in [0, 0.1) is 11.8 Å². The van der Waals surface area contributed by atoms with Crippen LogP contribution in [0.3, 0.4) is 0 Å². The fourth-order valence-electron chi connectivity index (χ4n) is 13.4. The minimum absolute atomic E-state index is 0.110. The van der Waals surface area contributed by atoms with E-state index in [1.165, 1.54) is 91.6 Å². The Morgan fingerprint density at radius 3 is 1.18 bits per heavy atom. The minimum atomic E-state index is -5.93. The summed E-state index contributed by atoms with van der Waals surface area (Å²) in [5, 5.41) is 9.15. The van der Waals surface area contributed by atoms with Gasteiger partial charge < -0.3 is 0 Å². The molecule has 3 aliphatic rings. The summed E-state index contributed by atoms with van der Waals surface area (Å²) in [6.45, 7) is 54.4. The normalized spacial score (nSPS) is 17.9. The molecule has 1 aliphatic heterocycles. The Balaban J connectivity index is 1.45. The summed E-state index contributed by atoms with van der Waals surface area (Å²) in [4.78, 5) is 0. The maximum absolute atomic E-state index is 9.83. The Bertz CT molecular complexity index is 3160. The fourth-order valence-corrected chi connectivity index (χ4v) is 46.6. The molecule has 0 aromatic heterocycles. The average molecular weight is 1210 g/mol. The zero-order valence-electron chi connectivity index (χ0n) is 50.7. The van der Waals surface area contributed by atoms with Crippen molar-refractivity contribution in [3.05, 3.63) is 148 Å². The van der Waals surface area contributed by atoms with E-state index in [0.717, 1.165) is 0 Å². The average Bonchev–Trinajstić information content (AvgIpc) is 4.02. The SMILES string of the molecule is CC(C)C1=Cc2c(ccc(C(C)(C)C)c2-c2cc([Si](C)(C)C)cc([Si](C)(C)C)c2)[CH]1[Zr]([Cl])([Cl])([c]1cccc2c1[SiH2]c1ccccc1-2)[CH]1C(C(C)C)=Cc2c1ccc(C(C)(C)C)c2-c1cc([Si](C)(C)C)cc([Si](C)(C)C)c1. The summed E-state index contributed by atoms with van der Waals surface area (Å²) in [6, 6.07) is 42.0. The third-order valence-corrected chi connectivity index (χ3v) is 48.4. The number of rotatable bonds is 11. The summed E-state index contributed by atoms with van der Waals surface area (Å²) < 4.78 is 0.988. The molecular formula is C68H91Cl2Si5Zr. The molecule has 2 aliphatic carbocycles. The van der Waals surface area contributed by atoms with Crippen LogP contribution in [0.4, 0.5) is 0 Å². The molecular weight excluding hydrogens is 1120 g/mol. The van der Waals surface area contributed by atoms with E-state index in [1.54, 1.807) is 20.7 Å². The number of allylic oxidation sites excluding steroid dienone is 2. The van der Waals surface area contributed by atoms with Gasteiger partial charge in [0.1, 0.15) is 0 Å². The van der Waals surface area contributed by atoms with Crippen LogP contribution in [0.15, 0.2) is 114 Å². The van der Waals surface area contributed by atoms with Crippen molar-refractivity contribution < 1.29 is 16.4 Å². The topological polar surface area (TPSA) is 0 Å². The molecule has 401 valence electrons. The molecule has 6 aromatic rings. The molecule has 6 aromatic carbocycles. The first kappa shape index (κ1) is 58.0. The molecule has 9 rings (SSSR count). The van der Waals surface area contributed by atoms with E-state index in [2.05, 4.69) is 263 Å². The standard InChI is InChI=1S/2C28H41Si2.C12H9Si.2ClH.Zr/c2*1-19(2)21-14-20-12-13-26(28(3,4)5)27(25(20)17-21)22-15-23(29(6,7)8)18-24(16-22)30(9,10)11;1-3-7-11-9(5-1)10-6-2-4-8-12(10)13-11;;;/h2*12-19H,1-11H3;1-7H,13H2;2*1H;/q;;;;;+2/p-2. The van der Waals surface area contributed by atoms with Crippen LogP contribution in [0.1, 0.15) is 110 Å². The zero-order valence-corrected chi connectivity index (χ0v) is 60.1. The Morgan fingerprint density at radius 1 is 0.461 bits per heavy atom. The van der Waals surface area contributed by atoms with E-state index >= 15 is 0 Å². The number of hydrogen-bond donors (Lipinski definition) is 0. The van der Waals surface area contributed by atoms with Crippen molar-refractivity contribution in [3.8, 4) is 33.4 Å². The van der Waals surface area contributed by atoms with Crippen LogP contribution in [0.2, 0.25) is 78.6 Å². The van der Waals surface area contributed by atoms with Gasteiger partial charge in [0, 0.05) is 0 Å². The van der Waals surface area contributed by atoms with Crippen LogP contribution in [-0.2, 0) is 27.2 Å². The monoisotopic (exact) mass is 1210 g/mol. The second kappa shape index (κ2) is 19.2. The molecule has 2 unspecified atom stereocenters. The predicted molar refractivity (Wildman–Crippen MR) is 355 cm³/mol. The summed E-state index contributed by atoms with van der Waals surface area (Å²) in [5.41, 5.74) is 19.0. The first-order valence-corrected chi connectivity index (χ1v) is 54.5. The van der Waals surface area contributed by atoms with Gasteiger partial charge in [-0.2, -0.15) is 0 Å². The molecule has 76 heavy (non-hydrogen) atoms. The second-order valence-electron chi connectivity index (χ2n) is 30.4. The molecule has 0 saturated heterocycles. The number of hydrogen-bond acceptors (Lipinski definition) is 0. The van der Waals surface area contributed by atoms with Gasteiger partial charge in [-0.25, -0.2) is 0 Å². The van der Waals surface area contributed by atoms with E-state index < -0.39 is 58.2 Å².